The van der Waals surface area contributed by atoms with E-state index >= 15 is 0 Å². The van der Waals surface area contributed by atoms with E-state index in [0.717, 1.165) is 25.9 Å². The predicted molar refractivity (Wildman–Crippen MR) is 65.7 cm³/mol. The minimum Gasteiger partial charge on any atom is -0.466 e. The van der Waals surface area contributed by atoms with Crippen LogP contribution in [0.4, 0.5) is 0 Å². The molecule has 0 radical (unpaired) electrons. The molecule has 0 saturated carbocycles. The lowest BCUT2D eigenvalue weighted by atomic mass is 9.74. The number of esters is 1. The van der Waals surface area contributed by atoms with Gasteiger partial charge in [0.2, 0.25) is 0 Å². The zero-order valence-corrected chi connectivity index (χ0v) is 11.1. The second-order valence-corrected chi connectivity index (χ2v) is 5.01. The Labute approximate surface area is 103 Å². The van der Waals surface area contributed by atoms with E-state index < -0.39 is 5.41 Å². The molecule has 0 aromatic carbocycles. The van der Waals surface area contributed by atoms with Gasteiger partial charge >= 0.3 is 5.97 Å². The van der Waals surface area contributed by atoms with Gasteiger partial charge in [-0.2, -0.15) is 0 Å². The van der Waals surface area contributed by atoms with E-state index in [0.29, 0.717) is 19.4 Å². The Bertz CT molecular complexity index is 280. The van der Waals surface area contributed by atoms with Gasteiger partial charge in [-0.3, -0.25) is 4.79 Å². The van der Waals surface area contributed by atoms with Gasteiger partial charge < -0.3 is 14.4 Å². The first-order chi connectivity index (χ1) is 8.00. The number of hydrogen-bond donors (Lipinski definition) is 0. The predicted octanol–water partition coefficient (Wildman–Crippen LogP) is 1.63. The maximum atomic E-state index is 12.1. The Morgan fingerprint density at radius 3 is 2.35 bits per heavy atom. The second kappa shape index (κ2) is 6.15. The molecule has 1 aliphatic heterocycles. The number of rotatable bonds is 5. The maximum absolute atomic E-state index is 12.1. The SMILES string of the molecule is CCOC(=O)C1(CCC(C)=O)CCN(C)CC1. The van der Waals surface area contributed by atoms with Crippen LogP contribution in [-0.4, -0.2) is 43.4 Å². The number of nitrogens with zero attached hydrogens (tertiary/aromatic N) is 1. The highest BCUT2D eigenvalue weighted by Gasteiger charge is 2.41. The van der Waals surface area contributed by atoms with Crippen molar-refractivity contribution in [1.82, 2.24) is 4.90 Å². The van der Waals surface area contributed by atoms with Gasteiger partial charge in [-0.15, -0.1) is 0 Å². The van der Waals surface area contributed by atoms with Crippen molar-refractivity contribution in [2.45, 2.75) is 39.5 Å². The average molecular weight is 241 g/mol. The first-order valence-electron chi connectivity index (χ1n) is 6.35. The standard InChI is InChI=1S/C13H23NO3/c1-4-17-12(16)13(6-5-11(2)15)7-9-14(3)10-8-13/h4-10H2,1-3H3. The summed E-state index contributed by atoms with van der Waals surface area (Å²) in [6.07, 6.45) is 2.71. The molecule has 4 heteroatoms. The number of piperidine rings is 1. The van der Waals surface area contributed by atoms with Gasteiger partial charge in [0.1, 0.15) is 5.78 Å². The summed E-state index contributed by atoms with van der Waals surface area (Å²) in [4.78, 5) is 25.4. The van der Waals surface area contributed by atoms with Crippen LogP contribution in [0.3, 0.4) is 0 Å². The number of likely N-dealkylation sites (tertiary alicyclic amines) is 1. The van der Waals surface area contributed by atoms with Crippen molar-refractivity contribution in [3.63, 3.8) is 0 Å². The minimum atomic E-state index is -0.422. The van der Waals surface area contributed by atoms with Crippen LogP contribution >= 0.6 is 0 Å². The Kier molecular flexibility index (Phi) is 5.12. The van der Waals surface area contributed by atoms with E-state index in [4.69, 9.17) is 4.74 Å². The van der Waals surface area contributed by atoms with Crippen molar-refractivity contribution in [2.75, 3.05) is 26.7 Å². The molecule has 1 rings (SSSR count). The van der Waals surface area contributed by atoms with Crippen molar-refractivity contribution in [3.8, 4) is 0 Å². The number of Topliss-reactive ketones (excluding diaryl/α,β-unsaturated/α-hetero) is 1. The molecule has 0 aromatic rings. The van der Waals surface area contributed by atoms with Gasteiger partial charge in [0.15, 0.2) is 0 Å². The third-order valence-corrected chi connectivity index (χ3v) is 3.61. The largest absolute Gasteiger partial charge is 0.466 e. The van der Waals surface area contributed by atoms with E-state index in [-0.39, 0.29) is 11.8 Å². The maximum Gasteiger partial charge on any atom is 0.312 e. The monoisotopic (exact) mass is 241 g/mol. The number of ketones is 1. The molecule has 0 unspecified atom stereocenters. The second-order valence-electron chi connectivity index (χ2n) is 5.01. The lowest BCUT2D eigenvalue weighted by molar-refractivity contribution is -0.159. The third-order valence-electron chi connectivity index (χ3n) is 3.61. The van der Waals surface area contributed by atoms with Crippen LogP contribution in [0.1, 0.15) is 39.5 Å². The summed E-state index contributed by atoms with van der Waals surface area (Å²) in [5.41, 5.74) is -0.422. The van der Waals surface area contributed by atoms with Gasteiger partial charge in [0, 0.05) is 6.42 Å². The minimum absolute atomic E-state index is 0.116. The molecule has 1 fully saturated rings. The van der Waals surface area contributed by atoms with Gasteiger partial charge in [0.05, 0.1) is 12.0 Å². The number of ether oxygens (including phenoxy) is 1. The highest BCUT2D eigenvalue weighted by molar-refractivity contribution is 5.80. The average Bonchev–Trinajstić information content (AvgIpc) is 2.29. The fraction of sp³-hybridized carbons (Fsp3) is 0.846. The molecule has 0 N–H and O–H groups in total. The number of hydrogen-bond acceptors (Lipinski definition) is 4. The van der Waals surface area contributed by atoms with Crippen molar-refractivity contribution >= 4 is 11.8 Å². The molecule has 0 bridgehead atoms. The smallest absolute Gasteiger partial charge is 0.312 e. The molecule has 17 heavy (non-hydrogen) atoms. The van der Waals surface area contributed by atoms with E-state index in [1.807, 2.05) is 6.92 Å². The molecule has 0 aromatic heterocycles. The van der Waals surface area contributed by atoms with Crippen LogP contribution in [0.15, 0.2) is 0 Å². The van der Waals surface area contributed by atoms with E-state index in [1.54, 1.807) is 6.92 Å². The Morgan fingerprint density at radius 1 is 1.29 bits per heavy atom. The van der Waals surface area contributed by atoms with Crippen LogP contribution in [0.2, 0.25) is 0 Å². The normalized spacial score (nSPS) is 19.9. The molecular weight excluding hydrogens is 218 g/mol. The quantitative estimate of drug-likeness (QED) is 0.686. The highest BCUT2D eigenvalue weighted by atomic mass is 16.5. The molecule has 1 heterocycles. The zero-order valence-electron chi connectivity index (χ0n) is 11.1. The summed E-state index contributed by atoms with van der Waals surface area (Å²) in [6.45, 7) is 5.61. The van der Waals surface area contributed by atoms with Gasteiger partial charge in [-0.05, 0) is 53.2 Å². The lowest BCUT2D eigenvalue weighted by Gasteiger charge is -2.38. The Hall–Kier alpha value is -0.900. The first kappa shape index (κ1) is 14.2. The molecule has 1 saturated heterocycles. The molecule has 0 spiro atoms. The molecule has 98 valence electrons. The van der Waals surface area contributed by atoms with E-state index in [9.17, 15) is 9.59 Å². The molecular formula is C13H23NO3. The van der Waals surface area contributed by atoms with Gasteiger partial charge in [-0.25, -0.2) is 0 Å². The van der Waals surface area contributed by atoms with Crippen molar-refractivity contribution < 1.29 is 14.3 Å². The zero-order chi connectivity index (χ0) is 12.9. The fourth-order valence-corrected chi connectivity index (χ4v) is 2.30. The number of carbonyl (C=O) groups excluding carboxylic acids is 2. The lowest BCUT2D eigenvalue weighted by Crippen LogP contribution is -2.44. The van der Waals surface area contributed by atoms with Crippen molar-refractivity contribution in [3.05, 3.63) is 0 Å². The van der Waals surface area contributed by atoms with Crippen LogP contribution in [0.25, 0.3) is 0 Å². The van der Waals surface area contributed by atoms with Crippen molar-refractivity contribution in [2.24, 2.45) is 5.41 Å². The summed E-state index contributed by atoms with van der Waals surface area (Å²) < 4.78 is 5.18. The van der Waals surface area contributed by atoms with Gasteiger partial charge in [-0.1, -0.05) is 0 Å². The summed E-state index contributed by atoms with van der Waals surface area (Å²) in [5, 5.41) is 0. The highest BCUT2D eigenvalue weighted by Crippen LogP contribution is 2.37. The summed E-state index contributed by atoms with van der Waals surface area (Å²) in [7, 11) is 2.06. The topological polar surface area (TPSA) is 46.6 Å². The van der Waals surface area contributed by atoms with E-state index in [1.165, 1.54) is 0 Å². The number of carbonyl (C=O) groups is 2. The molecule has 0 atom stereocenters. The summed E-state index contributed by atoms with van der Waals surface area (Å²) in [5.74, 6) is 0.0296. The van der Waals surface area contributed by atoms with Crippen LogP contribution < -0.4 is 0 Å². The van der Waals surface area contributed by atoms with Gasteiger partial charge in [0.25, 0.3) is 0 Å². The third kappa shape index (κ3) is 3.80. The van der Waals surface area contributed by atoms with Crippen LogP contribution in [-0.2, 0) is 14.3 Å². The first-order valence-corrected chi connectivity index (χ1v) is 6.35. The summed E-state index contributed by atoms with van der Waals surface area (Å²) >= 11 is 0. The van der Waals surface area contributed by atoms with Crippen molar-refractivity contribution in [1.29, 1.82) is 0 Å². The fourth-order valence-electron chi connectivity index (χ4n) is 2.30. The molecule has 1 aliphatic rings. The van der Waals surface area contributed by atoms with E-state index in [2.05, 4.69) is 11.9 Å². The molecule has 0 amide bonds. The van der Waals surface area contributed by atoms with Crippen LogP contribution in [0, 0.1) is 5.41 Å². The summed E-state index contributed by atoms with van der Waals surface area (Å²) in [6, 6.07) is 0. The Balaban J connectivity index is 2.69. The van der Waals surface area contributed by atoms with Crippen LogP contribution in [0.5, 0.6) is 0 Å². The molecule has 4 nitrogen and oxygen atoms in total. The molecule has 0 aliphatic carbocycles. The Morgan fingerprint density at radius 2 is 1.88 bits per heavy atom.